The van der Waals surface area contributed by atoms with Crippen molar-refractivity contribution in [2.75, 3.05) is 5.32 Å². The smallest absolute Gasteiger partial charge is 0.298 e. The van der Waals surface area contributed by atoms with Gasteiger partial charge in [-0.1, -0.05) is 17.4 Å². The molecule has 2 aromatic heterocycles. The molecule has 0 radical (unpaired) electrons. The van der Waals surface area contributed by atoms with Crippen LogP contribution in [0.15, 0.2) is 24.3 Å². The molecule has 0 unspecified atom stereocenters. The van der Waals surface area contributed by atoms with E-state index in [0.29, 0.717) is 5.13 Å². The Morgan fingerprint density at radius 2 is 1.84 bits per heavy atom. The first-order valence-electron chi connectivity index (χ1n) is 7.39. The highest BCUT2D eigenvalue weighted by atomic mass is 32.1. The third-order valence-corrected chi connectivity index (χ3v) is 4.59. The summed E-state index contributed by atoms with van der Waals surface area (Å²) in [6.07, 6.45) is -4.54. The maximum absolute atomic E-state index is 12.7. The lowest BCUT2D eigenvalue weighted by Gasteiger charge is -2.09. The number of alkyl halides is 3. The average Bonchev–Trinajstić information content (AvgIpc) is 2.88. The second kappa shape index (κ2) is 6.11. The maximum Gasteiger partial charge on any atom is 0.433 e. The Balaban J connectivity index is 1.89. The molecule has 0 aliphatic heterocycles. The van der Waals surface area contributed by atoms with Gasteiger partial charge in [0.1, 0.15) is 5.69 Å². The summed E-state index contributed by atoms with van der Waals surface area (Å²) in [5, 5.41) is 3.04. The highest BCUT2D eigenvalue weighted by Gasteiger charge is 2.33. The SMILES string of the molecule is Cc1cc(C)c2nc(NC(=O)c3ccc(C(F)(F)F)nc3C)sc2c1. The van der Waals surface area contributed by atoms with Crippen LogP contribution in [-0.4, -0.2) is 15.9 Å². The molecule has 0 aliphatic rings. The number of anilines is 1. The molecule has 2 heterocycles. The number of aryl methyl sites for hydroxylation is 3. The number of nitrogens with zero attached hydrogens (tertiary/aromatic N) is 2. The fourth-order valence-corrected chi connectivity index (χ4v) is 3.58. The van der Waals surface area contributed by atoms with E-state index in [1.165, 1.54) is 18.3 Å². The van der Waals surface area contributed by atoms with Gasteiger partial charge in [0.15, 0.2) is 5.13 Å². The molecular formula is C17H14F3N3OS. The van der Waals surface area contributed by atoms with Crippen molar-refractivity contribution in [3.05, 3.63) is 52.3 Å². The zero-order valence-corrected chi connectivity index (χ0v) is 14.5. The lowest BCUT2D eigenvalue weighted by molar-refractivity contribution is -0.141. The van der Waals surface area contributed by atoms with Gasteiger partial charge in [-0.25, -0.2) is 9.97 Å². The number of halogens is 3. The number of carbonyl (C=O) groups is 1. The molecule has 0 saturated carbocycles. The molecule has 25 heavy (non-hydrogen) atoms. The fraction of sp³-hybridized carbons (Fsp3) is 0.235. The normalized spacial score (nSPS) is 11.8. The van der Waals surface area contributed by atoms with E-state index in [9.17, 15) is 18.0 Å². The van der Waals surface area contributed by atoms with Crippen LogP contribution in [0.4, 0.5) is 18.3 Å². The van der Waals surface area contributed by atoms with Gasteiger partial charge in [0, 0.05) is 0 Å². The molecule has 4 nitrogen and oxygen atoms in total. The first-order chi connectivity index (χ1) is 11.6. The Morgan fingerprint density at radius 3 is 2.48 bits per heavy atom. The zero-order valence-electron chi connectivity index (χ0n) is 13.7. The monoisotopic (exact) mass is 365 g/mol. The van der Waals surface area contributed by atoms with Gasteiger partial charge < -0.3 is 0 Å². The number of hydrogen-bond acceptors (Lipinski definition) is 4. The Morgan fingerprint density at radius 1 is 1.12 bits per heavy atom. The van der Waals surface area contributed by atoms with Gasteiger partial charge >= 0.3 is 6.18 Å². The molecule has 0 saturated heterocycles. The lowest BCUT2D eigenvalue weighted by Crippen LogP contribution is -2.16. The standard InChI is InChI=1S/C17H14F3N3OS/c1-8-6-9(2)14-12(7-8)25-16(22-14)23-15(24)11-4-5-13(17(18,19)20)21-10(11)3/h4-7H,1-3H3,(H,22,23,24). The quantitative estimate of drug-likeness (QED) is 0.704. The van der Waals surface area contributed by atoms with Crippen LogP contribution in [0.5, 0.6) is 0 Å². The fourth-order valence-electron chi connectivity index (χ4n) is 2.55. The number of amides is 1. The number of carbonyl (C=O) groups excluding carboxylic acids is 1. The van der Waals surface area contributed by atoms with E-state index in [0.717, 1.165) is 33.5 Å². The van der Waals surface area contributed by atoms with Crippen molar-refractivity contribution in [2.24, 2.45) is 0 Å². The minimum atomic E-state index is -4.54. The Hall–Kier alpha value is -2.48. The number of pyridine rings is 1. The molecule has 0 fully saturated rings. The number of fused-ring (bicyclic) bond motifs is 1. The van der Waals surface area contributed by atoms with Gasteiger partial charge in [-0.2, -0.15) is 13.2 Å². The van der Waals surface area contributed by atoms with Crippen LogP contribution >= 0.6 is 11.3 Å². The molecule has 8 heteroatoms. The number of rotatable bonds is 2. The van der Waals surface area contributed by atoms with Crippen molar-refractivity contribution in [3.63, 3.8) is 0 Å². The number of hydrogen-bond donors (Lipinski definition) is 1. The molecular weight excluding hydrogens is 351 g/mol. The summed E-state index contributed by atoms with van der Waals surface area (Å²) in [5.74, 6) is -0.535. The van der Waals surface area contributed by atoms with Crippen LogP contribution in [0.1, 0.15) is 32.9 Å². The van der Waals surface area contributed by atoms with E-state index in [-0.39, 0.29) is 11.3 Å². The van der Waals surface area contributed by atoms with Crippen molar-refractivity contribution < 1.29 is 18.0 Å². The minimum absolute atomic E-state index is 0.0143. The summed E-state index contributed by atoms with van der Waals surface area (Å²) < 4.78 is 38.9. The molecule has 1 N–H and O–H groups in total. The van der Waals surface area contributed by atoms with Gasteiger partial charge in [-0.05, 0) is 50.1 Å². The van der Waals surface area contributed by atoms with Crippen LogP contribution in [0.3, 0.4) is 0 Å². The van der Waals surface area contributed by atoms with E-state index in [1.807, 2.05) is 26.0 Å². The van der Waals surface area contributed by atoms with Gasteiger partial charge in [0.05, 0.1) is 21.5 Å². The summed E-state index contributed by atoms with van der Waals surface area (Å²) in [6, 6.07) is 5.90. The first kappa shape index (κ1) is 17.3. The Bertz CT molecular complexity index is 979. The highest BCUT2D eigenvalue weighted by molar-refractivity contribution is 7.22. The van der Waals surface area contributed by atoms with Gasteiger partial charge in [0.25, 0.3) is 5.91 Å². The van der Waals surface area contributed by atoms with E-state index in [2.05, 4.69) is 15.3 Å². The van der Waals surface area contributed by atoms with Crippen molar-refractivity contribution in [1.82, 2.24) is 9.97 Å². The van der Waals surface area contributed by atoms with Crippen molar-refractivity contribution in [1.29, 1.82) is 0 Å². The van der Waals surface area contributed by atoms with E-state index >= 15 is 0 Å². The topological polar surface area (TPSA) is 54.9 Å². The summed E-state index contributed by atoms with van der Waals surface area (Å²) >= 11 is 1.32. The van der Waals surface area contributed by atoms with E-state index < -0.39 is 17.8 Å². The molecule has 0 aliphatic carbocycles. The molecule has 0 bridgehead atoms. The van der Waals surface area contributed by atoms with Gasteiger partial charge in [-0.3, -0.25) is 10.1 Å². The number of aromatic nitrogens is 2. The van der Waals surface area contributed by atoms with Crippen LogP contribution in [0.25, 0.3) is 10.2 Å². The van der Waals surface area contributed by atoms with Gasteiger partial charge in [-0.15, -0.1) is 0 Å². The molecule has 0 atom stereocenters. The summed E-state index contributed by atoms with van der Waals surface area (Å²) in [4.78, 5) is 20.2. The predicted octanol–water partition coefficient (Wildman–Crippen LogP) is 4.89. The second-order valence-electron chi connectivity index (χ2n) is 5.73. The van der Waals surface area contributed by atoms with Gasteiger partial charge in [0.2, 0.25) is 0 Å². The number of thiazole rings is 1. The molecule has 3 rings (SSSR count). The summed E-state index contributed by atoms with van der Waals surface area (Å²) in [6.45, 7) is 5.28. The molecule has 1 aromatic carbocycles. The Kier molecular flexibility index (Phi) is 4.24. The highest BCUT2D eigenvalue weighted by Crippen LogP contribution is 2.30. The molecule has 0 spiro atoms. The molecule has 1 amide bonds. The van der Waals surface area contributed by atoms with Crippen molar-refractivity contribution in [3.8, 4) is 0 Å². The van der Waals surface area contributed by atoms with Crippen molar-refractivity contribution >= 4 is 32.6 Å². The minimum Gasteiger partial charge on any atom is -0.298 e. The summed E-state index contributed by atoms with van der Waals surface area (Å²) in [5.41, 5.74) is 1.97. The van der Waals surface area contributed by atoms with Crippen molar-refractivity contribution in [2.45, 2.75) is 26.9 Å². The molecule has 3 aromatic rings. The summed E-state index contributed by atoms with van der Waals surface area (Å²) in [7, 11) is 0. The van der Waals surface area contributed by atoms with Crippen LogP contribution in [0, 0.1) is 20.8 Å². The predicted molar refractivity (Wildman–Crippen MR) is 91.0 cm³/mol. The second-order valence-corrected chi connectivity index (χ2v) is 6.76. The van der Waals surface area contributed by atoms with Crippen LogP contribution in [-0.2, 0) is 6.18 Å². The molecule has 130 valence electrons. The maximum atomic E-state index is 12.7. The lowest BCUT2D eigenvalue weighted by atomic mass is 10.1. The zero-order chi connectivity index (χ0) is 18.4. The van der Waals surface area contributed by atoms with E-state index in [1.54, 1.807) is 0 Å². The average molecular weight is 365 g/mol. The Labute approximate surface area is 145 Å². The third kappa shape index (κ3) is 3.48. The van der Waals surface area contributed by atoms with E-state index in [4.69, 9.17) is 0 Å². The number of benzene rings is 1. The van der Waals surface area contributed by atoms with Crippen LogP contribution in [0.2, 0.25) is 0 Å². The largest absolute Gasteiger partial charge is 0.433 e. The van der Waals surface area contributed by atoms with Crippen LogP contribution < -0.4 is 5.32 Å². The number of nitrogens with one attached hydrogen (secondary N) is 1. The first-order valence-corrected chi connectivity index (χ1v) is 8.21. The third-order valence-electron chi connectivity index (χ3n) is 3.67.